The van der Waals surface area contributed by atoms with Crippen LogP contribution in [-0.2, 0) is 4.79 Å². The summed E-state index contributed by atoms with van der Waals surface area (Å²) in [5.74, 6) is 0.0503. The van der Waals surface area contributed by atoms with Crippen molar-refractivity contribution in [3.05, 3.63) is 40.9 Å². The summed E-state index contributed by atoms with van der Waals surface area (Å²) in [4.78, 5) is 13.0. The molecule has 1 atom stereocenters. The van der Waals surface area contributed by atoms with E-state index in [0.29, 0.717) is 11.6 Å². The fourth-order valence-corrected chi connectivity index (χ4v) is 3.14. The number of carbonyl (C=O) groups is 1. The van der Waals surface area contributed by atoms with Gasteiger partial charge in [-0.2, -0.15) is 0 Å². The average Bonchev–Trinajstić information content (AvgIpc) is 2.48. The second-order valence-corrected chi connectivity index (χ2v) is 6.51. The third-order valence-corrected chi connectivity index (χ3v) is 4.78. The normalized spacial score (nSPS) is 16.4. The summed E-state index contributed by atoms with van der Waals surface area (Å²) in [6.07, 6.45) is 3.15. The smallest absolute Gasteiger partial charge is 0.233 e. The Morgan fingerprint density at radius 1 is 1.50 bits per heavy atom. The highest BCUT2D eigenvalue weighted by Crippen LogP contribution is 2.29. The van der Waals surface area contributed by atoms with E-state index in [2.05, 4.69) is 16.7 Å². The maximum absolute atomic E-state index is 12.1. The van der Waals surface area contributed by atoms with E-state index in [4.69, 9.17) is 11.6 Å². The van der Waals surface area contributed by atoms with Crippen LogP contribution in [0.25, 0.3) is 0 Å². The van der Waals surface area contributed by atoms with Gasteiger partial charge in [-0.25, -0.2) is 0 Å². The second-order valence-electron chi connectivity index (χ2n) is 4.72. The molecule has 0 aliphatic carbocycles. The van der Waals surface area contributed by atoms with E-state index in [0.717, 1.165) is 24.4 Å². The monoisotopic (exact) mass is 310 g/mol. The number of nitrogens with one attached hydrogen (secondary N) is 2. The molecule has 1 aliphatic heterocycles. The molecule has 0 bridgehead atoms. The van der Waals surface area contributed by atoms with Crippen molar-refractivity contribution >= 4 is 29.3 Å². The molecule has 1 aromatic carbocycles. The van der Waals surface area contributed by atoms with Crippen LogP contribution in [0.2, 0.25) is 5.02 Å². The molecule has 1 aromatic rings. The maximum atomic E-state index is 12.1. The van der Waals surface area contributed by atoms with Crippen molar-refractivity contribution in [3.8, 4) is 0 Å². The summed E-state index contributed by atoms with van der Waals surface area (Å²) in [5, 5.41) is 6.79. The lowest BCUT2D eigenvalue weighted by Crippen LogP contribution is -2.34. The fraction of sp³-hybridized carbons (Fsp3) is 0.400. The predicted molar refractivity (Wildman–Crippen MR) is 85.4 cm³/mol. The molecule has 0 aromatic heterocycles. The van der Waals surface area contributed by atoms with Crippen LogP contribution >= 0.6 is 23.4 Å². The molecule has 1 amide bonds. The van der Waals surface area contributed by atoms with Crippen molar-refractivity contribution < 1.29 is 4.79 Å². The summed E-state index contributed by atoms with van der Waals surface area (Å²) in [6.45, 7) is 4.44. The molecule has 20 heavy (non-hydrogen) atoms. The zero-order chi connectivity index (χ0) is 14.4. The predicted octanol–water partition coefficient (Wildman–Crippen LogP) is 2.86. The highest BCUT2D eigenvalue weighted by Gasteiger charge is 2.16. The van der Waals surface area contributed by atoms with Gasteiger partial charge >= 0.3 is 0 Å². The summed E-state index contributed by atoms with van der Waals surface area (Å²) in [5.41, 5.74) is 1.30. The Hall–Kier alpha value is -0.970. The van der Waals surface area contributed by atoms with Crippen LogP contribution in [-0.4, -0.2) is 30.8 Å². The average molecular weight is 311 g/mol. The molecule has 1 aliphatic rings. The van der Waals surface area contributed by atoms with Gasteiger partial charge in [-0.05, 0) is 32.0 Å². The Morgan fingerprint density at radius 2 is 2.30 bits per heavy atom. The molecule has 3 nitrogen and oxygen atoms in total. The molecule has 5 heteroatoms. The van der Waals surface area contributed by atoms with E-state index >= 15 is 0 Å². The second kappa shape index (κ2) is 7.72. The standard InChI is InChI=1S/C15H19ClN2OS/c1-11(20-14-5-3-2-4-13(14)16)15(19)18-10-12-6-8-17-9-7-12/h2-6,11,17H,7-10H2,1H3,(H,18,19). The minimum atomic E-state index is -0.155. The van der Waals surface area contributed by atoms with Gasteiger partial charge in [0.1, 0.15) is 0 Å². The van der Waals surface area contributed by atoms with E-state index in [9.17, 15) is 4.79 Å². The Labute approximate surface area is 129 Å². The fourth-order valence-electron chi connectivity index (χ4n) is 1.96. The molecule has 1 unspecified atom stereocenters. The third kappa shape index (κ3) is 4.54. The Morgan fingerprint density at radius 3 is 3.00 bits per heavy atom. The summed E-state index contributed by atoms with van der Waals surface area (Å²) >= 11 is 7.59. The lowest BCUT2D eigenvalue weighted by atomic mass is 10.1. The lowest BCUT2D eigenvalue weighted by molar-refractivity contribution is -0.120. The quantitative estimate of drug-likeness (QED) is 0.649. The van der Waals surface area contributed by atoms with Gasteiger partial charge in [0.25, 0.3) is 0 Å². The summed E-state index contributed by atoms with van der Waals surface area (Å²) in [7, 11) is 0. The third-order valence-electron chi connectivity index (χ3n) is 3.16. The van der Waals surface area contributed by atoms with Crippen molar-refractivity contribution in [2.45, 2.75) is 23.5 Å². The van der Waals surface area contributed by atoms with Crippen molar-refractivity contribution in [1.29, 1.82) is 0 Å². The van der Waals surface area contributed by atoms with Crippen LogP contribution < -0.4 is 10.6 Å². The molecular formula is C15H19ClN2OS. The van der Waals surface area contributed by atoms with Gasteiger partial charge in [-0.1, -0.05) is 35.4 Å². The van der Waals surface area contributed by atoms with Crippen molar-refractivity contribution in [3.63, 3.8) is 0 Å². The summed E-state index contributed by atoms with van der Waals surface area (Å²) < 4.78 is 0. The number of hydrogen-bond acceptors (Lipinski definition) is 3. The lowest BCUT2D eigenvalue weighted by Gasteiger charge is -2.16. The van der Waals surface area contributed by atoms with Crippen molar-refractivity contribution in [2.24, 2.45) is 0 Å². The van der Waals surface area contributed by atoms with E-state index in [1.165, 1.54) is 17.3 Å². The number of rotatable bonds is 5. The van der Waals surface area contributed by atoms with Gasteiger partial charge in [0, 0.05) is 18.0 Å². The summed E-state index contributed by atoms with van der Waals surface area (Å²) in [6, 6.07) is 7.60. The number of amides is 1. The number of thioether (sulfide) groups is 1. The first-order valence-electron chi connectivity index (χ1n) is 6.74. The van der Waals surface area contributed by atoms with Crippen molar-refractivity contribution in [2.75, 3.05) is 19.6 Å². The number of halogens is 1. The molecule has 2 N–H and O–H groups in total. The first-order chi connectivity index (χ1) is 9.66. The zero-order valence-electron chi connectivity index (χ0n) is 11.5. The Balaban J connectivity index is 1.83. The molecular weight excluding hydrogens is 292 g/mol. The van der Waals surface area contributed by atoms with Crippen LogP contribution in [0.1, 0.15) is 13.3 Å². The van der Waals surface area contributed by atoms with Crippen LogP contribution in [0, 0.1) is 0 Å². The first-order valence-corrected chi connectivity index (χ1v) is 8.00. The Bertz CT molecular complexity index is 504. The minimum absolute atomic E-state index is 0.0503. The number of hydrogen-bond donors (Lipinski definition) is 2. The minimum Gasteiger partial charge on any atom is -0.351 e. The molecule has 108 valence electrons. The zero-order valence-corrected chi connectivity index (χ0v) is 13.1. The SMILES string of the molecule is CC(Sc1ccccc1Cl)C(=O)NCC1=CCNCC1. The van der Waals surface area contributed by atoms with Crippen LogP contribution in [0.5, 0.6) is 0 Å². The molecule has 0 saturated heterocycles. The van der Waals surface area contributed by atoms with Gasteiger partial charge < -0.3 is 10.6 Å². The van der Waals surface area contributed by atoms with Gasteiger partial charge in [-0.15, -0.1) is 11.8 Å². The van der Waals surface area contributed by atoms with E-state index in [1.807, 2.05) is 31.2 Å². The largest absolute Gasteiger partial charge is 0.351 e. The molecule has 0 radical (unpaired) electrons. The van der Waals surface area contributed by atoms with Gasteiger partial charge in [-0.3, -0.25) is 4.79 Å². The molecule has 1 heterocycles. The molecule has 0 fully saturated rings. The molecule has 0 spiro atoms. The van der Waals surface area contributed by atoms with Crippen LogP contribution in [0.4, 0.5) is 0 Å². The van der Waals surface area contributed by atoms with Gasteiger partial charge in [0.15, 0.2) is 0 Å². The van der Waals surface area contributed by atoms with E-state index < -0.39 is 0 Å². The van der Waals surface area contributed by atoms with Crippen LogP contribution in [0.15, 0.2) is 40.8 Å². The molecule has 2 rings (SSSR count). The van der Waals surface area contributed by atoms with Gasteiger partial charge in [0.2, 0.25) is 5.91 Å². The first kappa shape index (κ1) is 15.4. The van der Waals surface area contributed by atoms with E-state index in [-0.39, 0.29) is 11.2 Å². The maximum Gasteiger partial charge on any atom is 0.233 e. The highest BCUT2D eigenvalue weighted by atomic mass is 35.5. The van der Waals surface area contributed by atoms with E-state index in [1.54, 1.807) is 0 Å². The molecule has 0 saturated carbocycles. The topological polar surface area (TPSA) is 41.1 Å². The number of carbonyl (C=O) groups excluding carboxylic acids is 1. The Kier molecular flexibility index (Phi) is 5.95. The van der Waals surface area contributed by atoms with Crippen molar-refractivity contribution in [1.82, 2.24) is 10.6 Å². The highest BCUT2D eigenvalue weighted by molar-refractivity contribution is 8.00. The van der Waals surface area contributed by atoms with Crippen LogP contribution in [0.3, 0.4) is 0 Å². The number of benzene rings is 1. The van der Waals surface area contributed by atoms with Gasteiger partial charge in [0.05, 0.1) is 10.3 Å².